The molecular weight excluding hydrogens is 184 g/mol. The number of halogens is 1. The van der Waals surface area contributed by atoms with E-state index in [4.69, 9.17) is 11.6 Å². The Morgan fingerprint density at radius 3 is 2.27 bits per heavy atom. The molecule has 0 amide bonds. The van der Waals surface area contributed by atoms with Crippen LogP contribution in [0.2, 0.25) is 0 Å². The van der Waals surface area contributed by atoms with Crippen LogP contribution in [0.4, 0.5) is 0 Å². The van der Waals surface area contributed by atoms with E-state index in [2.05, 4.69) is 0 Å². The molecule has 2 nitrogen and oxygen atoms in total. The fraction of sp³-hybridized carbons (Fsp3) is 0.714. The van der Waals surface area contributed by atoms with Crippen molar-refractivity contribution in [3.8, 4) is 0 Å². The summed E-state index contributed by atoms with van der Waals surface area (Å²) in [5, 5.41) is -0.433. The minimum Gasteiger partial charge on any atom is -0.223 e. The largest absolute Gasteiger partial charge is 0.223 e. The molecular formula is C7H13ClO2S. The van der Waals surface area contributed by atoms with Gasteiger partial charge in [-0.05, 0) is 20.3 Å². The van der Waals surface area contributed by atoms with Gasteiger partial charge in [0.15, 0.2) is 9.84 Å². The topological polar surface area (TPSA) is 34.1 Å². The van der Waals surface area contributed by atoms with Crippen LogP contribution in [0.25, 0.3) is 0 Å². The molecule has 0 aromatic carbocycles. The molecule has 0 radical (unpaired) electrons. The molecule has 0 saturated carbocycles. The average molecular weight is 197 g/mol. The highest BCUT2D eigenvalue weighted by Crippen LogP contribution is 2.17. The summed E-state index contributed by atoms with van der Waals surface area (Å²) in [5.41, 5.74) is 0. The van der Waals surface area contributed by atoms with Crippen LogP contribution in [0.5, 0.6) is 0 Å². The van der Waals surface area contributed by atoms with E-state index in [0.29, 0.717) is 6.42 Å². The van der Waals surface area contributed by atoms with Gasteiger partial charge in [-0.3, -0.25) is 0 Å². The second kappa shape index (κ2) is 4.12. The summed E-state index contributed by atoms with van der Waals surface area (Å²) >= 11 is 5.54. The first-order valence-corrected chi connectivity index (χ1v) is 5.45. The van der Waals surface area contributed by atoms with Crippen LogP contribution in [0.1, 0.15) is 27.2 Å². The first kappa shape index (κ1) is 11.0. The summed E-state index contributed by atoms with van der Waals surface area (Å²) in [5.74, 6) is 0. The van der Waals surface area contributed by atoms with Crippen molar-refractivity contribution < 1.29 is 8.42 Å². The lowest BCUT2D eigenvalue weighted by atomic mass is 10.5. The highest BCUT2D eigenvalue weighted by molar-refractivity contribution is 7.97. The molecule has 0 unspecified atom stereocenters. The summed E-state index contributed by atoms with van der Waals surface area (Å²) < 4.78 is 22.4. The Balaban J connectivity index is 4.72. The van der Waals surface area contributed by atoms with E-state index in [1.165, 1.54) is 6.08 Å². The zero-order valence-electron chi connectivity index (χ0n) is 6.96. The maximum Gasteiger partial charge on any atom is 0.191 e. The maximum absolute atomic E-state index is 11.2. The lowest BCUT2D eigenvalue weighted by Crippen LogP contribution is -2.13. The minimum absolute atomic E-state index is 0.0324. The molecule has 11 heavy (non-hydrogen) atoms. The van der Waals surface area contributed by atoms with Gasteiger partial charge in [0, 0.05) is 0 Å². The van der Waals surface area contributed by atoms with E-state index >= 15 is 0 Å². The van der Waals surface area contributed by atoms with Crippen LogP contribution in [0.15, 0.2) is 10.4 Å². The van der Waals surface area contributed by atoms with Crippen molar-refractivity contribution in [2.75, 3.05) is 0 Å². The van der Waals surface area contributed by atoms with Gasteiger partial charge in [-0.25, -0.2) is 8.42 Å². The van der Waals surface area contributed by atoms with Crippen molar-refractivity contribution >= 4 is 21.4 Å². The molecule has 0 bridgehead atoms. The van der Waals surface area contributed by atoms with Crippen molar-refractivity contribution in [1.29, 1.82) is 0 Å². The van der Waals surface area contributed by atoms with Crippen LogP contribution in [-0.4, -0.2) is 13.7 Å². The van der Waals surface area contributed by atoms with Gasteiger partial charge in [0.2, 0.25) is 0 Å². The molecule has 0 aromatic heterocycles. The van der Waals surface area contributed by atoms with Gasteiger partial charge in [-0.15, -0.1) is 0 Å². The Morgan fingerprint density at radius 2 is 2.00 bits per heavy atom. The monoisotopic (exact) mass is 196 g/mol. The normalized spacial score (nSPS) is 14.1. The lowest BCUT2D eigenvalue weighted by molar-refractivity contribution is 0.595. The summed E-state index contributed by atoms with van der Waals surface area (Å²) in [7, 11) is -3.21. The molecule has 4 heteroatoms. The van der Waals surface area contributed by atoms with E-state index in [9.17, 15) is 8.42 Å². The van der Waals surface area contributed by atoms with Gasteiger partial charge in [0.25, 0.3) is 0 Å². The third-order valence-corrected chi connectivity index (χ3v) is 4.01. The van der Waals surface area contributed by atoms with Crippen LogP contribution < -0.4 is 0 Å². The zero-order chi connectivity index (χ0) is 9.07. The fourth-order valence-corrected chi connectivity index (χ4v) is 2.04. The van der Waals surface area contributed by atoms with E-state index in [-0.39, 0.29) is 4.36 Å². The third-order valence-electron chi connectivity index (χ3n) is 1.26. The number of rotatable bonds is 3. The van der Waals surface area contributed by atoms with Crippen LogP contribution >= 0.6 is 11.6 Å². The van der Waals surface area contributed by atoms with Gasteiger partial charge >= 0.3 is 0 Å². The third kappa shape index (κ3) is 2.83. The smallest absolute Gasteiger partial charge is 0.191 e. The van der Waals surface area contributed by atoms with Crippen LogP contribution in [-0.2, 0) is 9.84 Å². The van der Waals surface area contributed by atoms with Crippen molar-refractivity contribution in [2.24, 2.45) is 0 Å². The fourth-order valence-electron chi connectivity index (χ4n) is 0.502. The van der Waals surface area contributed by atoms with Crippen molar-refractivity contribution in [3.05, 3.63) is 10.4 Å². The van der Waals surface area contributed by atoms with Gasteiger partial charge in [0.1, 0.15) is 4.36 Å². The Bertz CT molecular complexity index is 239. The lowest BCUT2D eigenvalue weighted by Gasteiger charge is -2.04. The molecule has 0 rings (SSSR count). The molecule has 66 valence electrons. The summed E-state index contributed by atoms with van der Waals surface area (Å²) in [6, 6.07) is 0. The van der Waals surface area contributed by atoms with E-state index in [1.54, 1.807) is 13.8 Å². The number of allylic oxidation sites excluding steroid dienone is 1. The molecule has 0 aliphatic heterocycles. The summed E-state index contributed by atoms with van der Waals surface area (Å²) in [6.45, 7) is 5.07. The molecule has 0 fully saturated rings. The van der Waals surface area contributed by atoms with E-state index in [1.807, 2.05) is 6.92 Å². The number of sulfone groups is 1. The second-order valence-corrected chi connectivity index (χ2v) is 5.61. The SMILES string of the molecule is CCC=C(Cl)S(=O)(=O)C(C)C. The van der Waals surface area contributed by atoms with Crippen molar-refractivity contribution in [1.82, 2.24) is 0 Å². The standard InChI is InChI=1S/C7H13ClO2S/c1-4-5-7(8)11(9,10)6(2)3/h5-6H,4H2,1-3H3. The highest BCUT2D eigenvalue weighted by atomic mass is 35.5. The molecule has 0 aliphatic carbocycles. The van der Waals surface area contributed by atoms with Crippen LogP contribution in [0, 0.1) is 0 Å². The van der Waals surface area contributed by atoms with Gasteiger partial charge in [-0.1, -0.05) is 24.6 Å². The Hall–Kier alpha value is -0.0200. The van der Waals surface area contributed by atoms with Gasteiger partial charge in [0.05, 0.1) is 5.25 Å². The van der Waals surface area contributed by atoms with E-state index in [0.717, 1.165) is 0 Å². The Labute approximate surface area is 73.2 Å². The maximum atomic E-state index is 11.2. The number of hydrogen-bond donors (Lipinski definition) is 0. The predicted octanol–water partition coefficient (Wildman–Crippen LogP) is 2.30. The Morgan fingerprint density at radius 1 is 1.55 bits per heavy atom. The molecule has 0 heterocycles. The predicted molar refractivity (Wildman–Crippen MR) is 48.3 cm³/mol. The summed E-state index contributed by atoms with van der Waals surface area (Å²) in [6.07, 6.45) is 2.15. The van der Waals surface area contributed by atoms with Gasteiger partial charge in [-0.2, -0.15) is 0 Å². The first-order chi connectivity index (χ1) is 4.92. The van der Waals surface area contributed by atoms with Gasteiger partial charge < -0.3 is 0 Å². The molecule has 0 saturated heterocycles. The molecule has 0 spiro atoms. The zero-order valence-corrected chi connectivity index (χ0v) is 8.54. The average Bonchev–Trinajstić information content (AvgIpc) is 1.88. The first-order valence-electron chi connectivity index (χ1n) is 3.52. The second-order valence-electron chi connectivity index (χ2n) is 2.51. The summed E-state index contributed by atoms with van der Waals surface area (Å²) in [4.78, 5) is 0. The van der Waals surface area contributed by atoms with E-state index < -0.39 is 15.1 Å². The molecule has 0 aliphatic rings. The quantitative estimate of drug-likeness (QED) is 0.694. The van der Waals surface area contributed by atoms with Crippen molar-refractivity contribution in [3.63, 3.8) is 0 Å². The molecule has 0 N–H and O–H groups in total. The van der Waals surface area contributed by atoms with Crippen molar-refractivity contribution in [2.45, 2.75) is 32.4 Å². The Kier molecular flexibility index (Phi) is 4.11. The highest BCUT2D eigenvalue weighted by Gasteiger charge is 2.19. The minimum atomic E-state index is -3.21. The number of hydrogen-bond acceptors (Lipinski definition) is 2. The van der Waals surface area contributed by atoms with Crippen LogP contribution in [0.3, 0.4) is 0 Å². The molecule has 0 atom stereocenters. The molecule has 0 aromatic rings.